The van der Waals surface area contributed by atoms with E-state index in [1.54, 1.807) is 37.3 Å². The third kappa shape index (κ3) is 4.26. The number of thiophene rings is 1. The average molecular weight is 499 g/mol. The quantitative estimate of drug-likeness (QED) is 0.236. The number of nitrogens with one attached hydrogen (secondary N) is 1. The minimum absolute atomic E-state index is 0.0271. The summed E-state index contributed by atoms with van der Waals surface area (Å²) in [5, 5.41) is 19.8. The zero-order valence-electron chi connectivity index (χ0n) is 17.5. The van der Waals surface area contributed by atoms with Crippen LogP contribution in [0.2, 0.25) is 5.02 Å². The summed E-state index contributed by atoms with van der Waals surface area (Å²) in [5.41, 5.74) is -0.685. The number of halogens is 1. The van der Waals surface area contributed by atoms with E-state index in [1.165, 1.54) is 17.5 Å². The SMILES string of the molecule is CCOC(=O)c1nn(-c2ccccc2)c(=O)c2c(NC(=O)c3ccc(Cl)c([N+](=O)[O-])c3)scc12. The Morgan fingerprint density at radius 2 is 1.97 bits per heavy atom. The normalized spacial score (nSPS) is 10.8. The molecule has 0 saturated carbocycles. The molecule has 0 radical (unpaired) electrons. The lowest BCUT2D eigenvalue weighted by molar-refractivity contribution is -0.384. The Kier molecular flexibility index (Phi) is 6.39. The number of hydrogen-bond acceptors (Lipinski definition) is 8. The molecule has 10 nitrogen and oxygen atoms in total. The van der Waals surface area contributed by atoms with Crippen LogP contribution in [0.4, 0.5) is 10.7 Å². The highest BCUT2D eigenvalue weighted by Gasteiger charge is 2.24. The molecule has 0 spiro atoms. The van der Waals surface area contributed by atoms with Crippen molar-refractivity contribution in [2.75, 3.05) is 11.9 Å². The van der Waals surface area contributed by atoms with E-state index in [-0.39, 0.29) is 38.7 Å². The number of nitro benzene ring substituents is 1. The van der Waals surface area contributed by atoms with Crippen LogP contribution < -0.4 is 10.9 Å². The van der Waals surface area contributed by atoms with Crippen LogP contribution in [0.15, 0.2) is 58.7 Å². The van der Waals surface area contributed by atoms with Crippen molar-refractivity contribution in [2.45, 2.75) is 6.92 Å². The number of carbonyl (C=O) groups is 2. The lowest BCUT2D eigenvalue weighted by atomic mass is 10.2. The smallest absolute Gasteiger partial charge is 0.359 e. The van der Waals surface area contributed by atoms with E-state index in [1.807, 2.05) is 0 Å². The number of aromatic nitrogens is 2. The number of anilines is 1. The van der Waals surface area contributed by atoms with E-state index in [0.717, 1.165) is 22.1 Å². The van der Waals surface area contributed by atoms with Crippen molar-refractivity contribution in [3.63, 3.8) is 0 Å². The number of benzene rings is 2. The zero-order valence-corrected chi connectivity index (χ0v) is 19.1. The molecule has 1 N–H and O–H groups in total. The van der Waals surface area contributed by atoms with Crippen molar-refractivity contribution in [1.29, 1.82) is 0 Å². The van der Waals surface area contributed by atoms with Crippen molar-refractivity contribution in [3.8, 4) is 5.69 Å². The predicted molar refractivity (Wildman–Crippen MR) is 127 cm³/mol. The van der Waals surface area contributed by atoms with E-state index < -0.39 is 28.0 Å². The van der Waals surface area contributed by atoms with Gasteiger partial charge in [-0.3, -0.25) is 19.7 Å². The van der Waals surface area contributed by atoms with Crippen molar-refractivity contribution in [2.24, 2.45) is 0 Å². The van der Waals surface area contributed by atoms with Gasteiger partial charge in [0.2, 0.25) is 0 Å². The van der Waals surface area contributed by atoms with Gasteiger partial charge in [-0.1, -0.05) is 29.8 Å². The molecule has 1 amide bonds. The van der Waals surface area contributed by atoms with Gasteiger partial charge in [0.15, 0.2) is 5.69 Å². The summed E-state index contributed by atoms with van der Waals surface area (Å²) in [6.45, 7) is 1.75. The average Bonchev–Trinajstić information content (AvgIpc) is 3.24. The van der Waals surface area contributed by atoms with Crippen LogP contribution in [-0.4, -0.2) is 33.2 Å². The zero-order chi connectivity index (χ0) is 24.4. The minimum Gasteiger partial charge on any atom is -0.461 e. The van der Waals surface area contributed by atoms with E-state index in [0.29, 0.717) is 5.69 Å². The topological polar surface area (TPSA) is 133 Å². The summed E-state index contributed by atoms with van der Waals surface area (Å²) in [6, 6.07) is 12.1. The maximum atomic E-state index is 13.3. The summed E-state index contributed by atoms with van der Waals surface area (Å²) in [7, 11) is 0. The molecule has 34 heavy (non-hydrogen) atoms. The number of nitro groups is 1. The first-order chi connectivity index (χ1) is 16.3. The van der Waals surface area contributed by atoms with E-state index >= 15 is 0 Å². The van der Waals surface area contributed by atoms with Crippen molar-refractivity contribution in [1.82, 2.24) is 9.78 Å². The molecule has 0 atom stereocenters. The number of carbonyl (C=O) groups excluding carboxylic acids is 2. The summed E-state index contributed by atoms with van der Waals surface area (Å²) >= 11 is 6.83. The van der Waals surface area contributed by atoms with Gasteiger partial charge in [0.25, 0.3) is 17.2 Å². The Morgan fingerprint density at radius 3 is 2.65 bits per heavy atom. The standard InChI is InChI=1S/C22H15ClN4O6S/c1-2-33-22(30)18-14-11-34-20(17(14)21(29)26(25-18)13-6-4-3-5-7-13)24-19(28)12-8-9-15(23)16(10-12)27(31)32/h3-11H,2H2,1H3,(H,24,28). The first-order valence-electron chi connectivity index (χ1n) is 9.84. The number of rotatable bonds is 6. The van der Waals surface area contributed by atoms with E-state index in [2.05, 4.69) is 10.4 Å². The van der Waals surface area contributed by atoms with Crippen LogP contribution in [0.1, 0.15) is 27.8 Å². The van der Waals surface area contributed by atoms with Gasteiger partial charge < -0.3 is 10.1 Å². The van der Waals surface area contributed by atoms with Gasteiger partial charge in [0, 0.05) is 22.4 Å². The number of ether oxygens (including phenoxy) is 1. The van der Waals surface area contributed by atoms with Crippen LogP contribution in [0.25, 0.3) is 16.5 Å². The number of para-hydroxylation sites is 1. The number of amides is 1. The summed E-state index contributed by atoms with van der Waals surface area (Å²) in [5.74, 6) is -1.41. The van der Waals surface area contributed by atoms with Crippen molar-refractivity contribution < 1.29 is 19.2 Å². The fourth-order valence-corrected chi connectivity index (χ4v) is 4.32. The highest BCUT2D eigenvalue weighted by Crippen LogP contribution is 2.32. The second-order valence-electron chi connectivity index (χ2n) is 6.85. The first kappa shape index (κ1) is 23.1. The fourth-order valence-electron chi connectivity index (χ4n) is 3.21. The summed E-state index contributed by atoms with van der Waals surface area (Å²) in [4.78, 5) is 49.2. The van der Waals surface area contributed by atoms with Gasteiger partial charge in [-0.25, -0.2) is 4.79 Å². The number of hydrogen-bond donors (Lipinski definition) is 1. The molecule has 0 aliphatic heterocycles. The highest BCUT2D eigenvalue weighted by atomic mass is 35.5. The molecule has 12 heteroatoms. The largest absolute Gasteiger partial charge is 0.461 e. The maximum Gasteiger partial charge on any atom is 0.359 e. The minimum atomic E-state index is -0.721. The molecule has 4 rings (SSSR count). The van der Waals surface area contributed by atoms with Crippen molar-refractivity contribution >= 4 is 56.3 Å². The van der Waals surface area contributed by atoms with Crippen molar-refractivity contribution in [3.05, 3.63) is 90.7 Å². The monoisotopic (exact) mass is 498 g/mol. The van der Waals surface area contributed by atoms with E-state index in [4.69, 9.17) is 16.3 Å². The molecule has 0 bridgehead atoms. The lowest BCUT2D eigenvalue weighted by Gasteiger charge is -2.10. The first-order valence-corrected chi connectivity index (χ1v) is 11.1. The molecular formula is C22H15ClN4O6S. The van der Waals surface area contributed by atoms with Gasteiger partial charge >= 0.3 is 5.97 Å². The third-order valence-electron chi connectivity index (χ3n) is 4.75. The molecule has 0 saturated heterocycles. The Labute approximate surface area is 200 Å². The molecule has 172 valence electrons. The molecule has 0 aliphatic rings. The Hall–Kier alpha value is -4.09. The second kappa shape index (κ2) is 9.41. The molecule has 2 heterocycles. The fraction of sp³-hybridized carbons (Fsp3) is 0.0909. The summed E-state index contributed by atoms with van der Waals surface area (Å²) < 4.78 is 6.16. The lowest BCUT2D eigenvalue weighted by Crippen LogP contribution is -2.25. The Bertz CT molecular complexity index is 1500. The van der Waals surface area contributed by atoms with Gasteiger partial charge in [-0.2, -0.15) is 9.78 Å². The highest BCUT2D eigenvalue weighted by molar-refractivity contribution is 7.16. The molecular weight excluding hydrogens is 484 g/mol. The predicted octanol–water partition coefficient (Wildman–Crippen LogP) is 4.44. The van der Waals surface area contributed by atoms with Crippen LogP contribution in [0, 0.1) is 10.1 Å². The number of fused-ring (bicyclic) bond motifs is 1. The third-order valence-corrected chi connectivity index (χ3v) is 5.97. The molecule has 4 aromatic rings. The summed E-state index contributed by atoms with van der Waals surface area (Å²) in [6.07, 6.45) is 0. The van der Waals surface area contributed by atoms with Gasteiger partial charge in [-0.05, 0) is 31.2 Å². The van der Waals surface area contributed by atoms with Gasteiger partial charge in [-0.15, -0.1) is 11.3 Å². The van der Waals surface area contributed by atoms with Gasteiger partial charge in [0.05, 0.1) is 22.6 Å². The Morgan fingerprint density at radius 1 is 1.24 bits per heavy atom. The second-order valence-corrected chi connectivity index (χ2v) is 8.14. The van der Waals surface area contributed by atoms with Crippen LogP contribution in [-0.2, 0) is 4.74 Å². The van der Waals surface area contributed by atoms with Crippen LogP contribution >= 0.6 is 22.9 Å². The number of nitrogens with zero attached hydrogens (tertiary/aromatic N) is 3. The van der Waals surface area contributed by atoms with Crippen LogP contribution in [0.5, 0.6) is 0 Å². The van der Waals surface area contributed by atoms with E-state index in [9.17, 15) is 24.5 Å². The maximum absolute atomic E-state index is 13.3. The molecule has 0 fully saturated rings. The molecule has 0 unspecified atom stereocenters. The number of esters is 1. The molecule has 0 aliphatic carbocycles. The molecule has 2 aromatic carbocycles. The van der Waals surface area contributed by atoms with Gasteiger partial charge in [0.1, 0.15) is 10.0 Å². The Balaban J connectivity index is 1.85. The molecule has 2 aromatic heterocycles. The van der Waals surface area contributed by atoms with Crippen LogP contribution in [0.3, 0.4) is 0 Å².